The summed E-state index contributed by atoms with van der Waals surface area (Å²) in [7, 11) is 0. The molecule has 1 atom stereocenters. The van der Waals surface area contributed by atoms with Crippen LogP contribution in [0.15, 0.2) is 28.9 Å². The molecule has 30 heavy (non-hydrogen) atoms. The van der Waals surface area contributed by atoms with Crippen molar-refractivity contribution in [3.05, 3.63) is 47.4 Å². The number of carbonyl (C=O) groups is 1. The number of β-amino-alcohol motifs (C(OH)–C–C–N with tert-alkyl or cyclic N) is 1. The number of hydrogen-bond donors (Lipinski definition) is 2. The summed E-state index contributed by atoms with van der Waals surface area (Å²) < 4.78 is 19.1. The van der Waals surface area contributed by atoms with E-state index in [1.165, 1.54) is 12.3 Å². The van der Waals surface area contributed by atoms with Gasteiger partial charge < -0.3 is 14.8 Å². The standard InChI is InChI=1S/C22H31FN4O3/c1-3-4-5-18(28)13-26-8-10-27(11-9-26)14-21-25-20(15-30-21)22(29)24-17-7-6-16(2)19(23)12-17/h6-7,12,15,18,28H,3-5,8-11,13-14H2,1-2H3,(H,24,29)/t18-/m1/s1. The van der Waals surface area contributed by atoms with Gasteiger partial charge in [0.1, 0.15) is 12.1 Å². The van der Waals surface area contributed by atoms with Crippen molar-refractivity contribution in [3.8, 4) is 0 Å². The van der Waals surface area contributed by atoms with Crippen molar-refractivity contribution in [2.45, 2.75) is 45.8 Å². The first-order valence-corrected chi connectivity index (χ1v) is 10.6. The minimum atomic E-state index is -0.431. The van der Waals surface area contributed by atoms with E-state index in [2.05, 4.69) is 27.0 Å². The normalized spacial score (nSPS) is 16.5. The van der Waals surface area contributed by atoms with Crippen molar-refractivity contribution in [2.75, 3.05) is 38.0 Å². The highest BCUT2D eigenvalue weighted by molar-refractivity contribution is 6.02. The third kappa shape index (κ3) is 6.35. The number of amides is 1. The Hall–Kier alpha value is -2.29. The molecule has 0 radical (unpaired) electrons. The lowest BCUT2D eigenvalue weighted by atomic mass is 10.1. The van der Waals surface area contributed by atoms with Gasteiger partial charge in [-0.15, -0.1) is 0 Å². The molecule has 0 aliphatic carbocycles. The smallest absolute Gasteiger partial charge is 0.277 e. The first-order chi connectivity index (χ1) is 14.4. The molecule has 0 saturated carbocycles. The zero-order valence-corrected chi connectivity index (χ0v) is 17.7. The number of aliphatic hydroxyl groups is 1. The lowest BCUT2D eigenvalue weighted by Gasteiger charge is -2.35. The molecule has 164 valence electrons. The maximum atomic E-state index is 13.6. The Bertz CT molecular complexity index is 834. The first-order valence-electron chi connectivity index (χ1n) is 10.6. The molecule has 1 saturated heterocycles. The van der Waals surface area contributed by atoms with E-state index < -0.39 is 5.91 Å². The van der Waals surface area contributed by atoms with Crippen molar-refractivity contribution in [1.29, 1.82) is 0 Å². The molecule has 0 bridgehead atoms. The highest BCUT2D eigenvalue weighted by Gasteiger charge is 2.21. The van der Waals surface area contributed by atoms with E-state index in [4.69, 9.17) is 4.42 Å². The molecule has 1 aliphatic heterocycles. The number of oxazole rings is 1. The summed E-state index contributed by atoms with van der Waals surface area (Å²) in [6.45, 7) is 8.52. The van der Waals surface area contributed by atoms with Crippen molar-refractivity contribution in [3.63, 3.8) is 0 Å². The molecule has 2 heterocycles. The number of anilines is 1. The number of nitrogens with one attached hydrogen (secondary N) is 1. The number of aliphatic hydroxyl groups excluding tert-OH is 1. The van der Waals surface area contributed by atoms with Gasteiger partial charge in [-0.2, -0.15) is 0 Å². The molecule has 2 aromatic rings. The zero-order chi connectivity index (χ0) is 21.5. The van der Waals surface area contributed by atoms with Crippen LogP contribution >= 0.6 is 0 Å². The maximum Gasteiger partial charge on any atom is 0.277 e. The fraction of sp³-hybridized carbons (Fsp3) is 0.545. The van der Waals surface area contributed by atoms with Crippen LogP contribution in [-0.2, 0) is 6.54 Å². The second-order valence-electron chi connectivity index (χ2n) is 7.92. The van der Waals surface area contributed by atoms with E-state index in [9.17, 15) is 14.3 Å². The second kappa shape index (κ2) is 10.7. The Morgan fingerprint density at radius 3 is 2.73 bits per heavy atom. The Morgan fingerprint density at radius 2 is 2.03 bits per heavy atom. The topological polar surface area (TPSA) is 81.8 Å². The van der Waals surface area contributed by atoms with E-state index >= 15 is 0 Å². The summed E-state index contributed by atoms with van der Waals surface area (Å²) in [6.07, 6.45) is 4.08. The number of aromatic nitrogens is 1. The van der Waals surface area contributed by atoms with Crippen LogP contribution in [0, 0.1) is 12.7 Å². The van der Waals surface area contributed by atoms with Crippen molar-refractivity contribution in [1.82, 2.24) is 14.8 Å². The third-order valence-electron chi connectivity index (χ3n) is 5.40. The van der Waals surface area contributed by atoms with Gasteiger partial charge in [0.05, 0.1) is 12.6 Å². The van der Waals surface area contributed by atoms with Gasteiger partial charge in [0.2, 0.25) is 5.89 Å². The molecule has 0 unspecified atom stereocenters. The minimum Gasteiger partial charge on any atom is -0.447 e. The Kier molecular flexibility index (Phi) is 7.95. The monoisotopic (exact) mass is 418 g/mol. The third-order valence-corrected chi connectivity index (χ3v) is 5.40. The average Bonchev–Trinajstić information content (AvgIpc) is 3.19. The van der Waals surface area contributed by atoms with Gasteiger partial charge in [-0.05, 0) is 31.0 Å². The predicted octanol–water partition coefficient (Wildman–Crippen LogP) is 3.04. The molecular weight excluding hydrogens is 387 g/mol. The molecule has 1 aromatic carbocycles. The summed E-state index contributed by atoms with van der Waals surface area (Å²) in [5.74, 6) is -0.323. The van der Waals surface area contributed by atoms with E-state index in [0.29, 0.717) is 23.7 Å². The molecule has 1 fully saturated rings. The summed E-state index contributed by atoms with van der Waals surface area (Å²) in [5, 5.41) is 12.7. The largest absolute Gasteiger partial charge is 0.447 e. The van der Waals surface area contributed by atoms with Crippen LogP contribution in [0.1, 0.15) is 48.1 Å². The summed E-state index contributed by atoms with van der Waals surface area (Å²) in [6, 6.07) is 4.55. The average molecular weight is 419 g/mol. The lowest BCUT2D eigenvalue weighted by molar-refractivity contribution is 0.0627. The van der Waals surface area contributed by atoms with Crippen molar-refractivity contribution >= 4 is 11.6 Å². The molecule has 2 N–H and O–H groups in total. The number of hydrogen-bond acceptors (Lipinski definition) is 6. The Morgan fingerprint density at radius 1 is 1.30 bits per heavy atom. The highest BCUT2D eigenvalue weighted by Crippen LogP contribution is 2.15. The second-order valence-corrected chi connectivity index (χ2v) is 7.92. The Labute approximate surface area is 176 Å². The van der Waals surface area contributed by atoms with Crippen molar-refractivity contribution in [2.24, 2.45) is 0 Å². The molecule has 1 amide bonds. The molecule has 1 aromatic heterocycles. The number of piperazine rings is 1. The van der Waals surface area contributed by atoms with E-state index in [0.717, 1.165) is 52.0 Å². The van der Waals surface area contributed by atoms with Gasteiger partial charge in [0.25, 0.3) is 5.91 Å². The summed E-state index contributed by atoms with van der Waals surface area (Å²) in [4.78, 5) is 21.1. The number of aryl methyl sites for hydroxylation is 1. The first kappa shape index (κ1) is 22.4. The minimum absolute atomic E-state index is 0.170. The van der Waals surface area contributed by atoms with E-state index in [1.54, 1.807) is 19.1 Å². The maximum absolute atomic E-state index is 13.6. The van der Waals surface area contributed by atoms with Gasteiger partial charge in [-0.3, -0.25) is 14.6 Å². The SMILES string of the molecule is CCCC[C@@H](O)CN1CCN(Cc2nc(C(=O)Nc3ccc(C)c(F)c3)co2)CC1. The summed E-state index contributed by atoms with van der Waals surface area (Å²) >= 11 is 0. The fourth-order valence-corrected chi connectivity index (χ4v) is 3.50. The van der Waals surface area contributed by atoms with Crippen LogP contribution in [-0.4, -0.2) is 64.6 Å². The molecule has 3 rings (SSSR count). The van der Waals surface area contributed by atoms with Crippen LogP contribution in [0.2, 0.25) is 0 Å². The van der Waals surface area contributed by atoms with Crippen LogP contribution in [0.3, 0.4) is 0 Å². The van der Waals surface area contributed by atoms with Crippen LogP contribution in [0.25, 0.3) is 0 Å². The molecule has 7 nitrogen and oxygen atoms in total. The molecule has 8 heteroatoms. The van der Waals surface area contributed by atoms with Gasteiger partial charge in [-0.1, -0.05) is 25.8 Å². The number of rotatable bonds is 9. The van der Waals surface area contributed by atoms with Crippen LogP contribution in [0.4, 0.5) is 10.1 Å². The van der Waals surface area contributed by atoms with E-state index in [1.807, 2.05) is 0 Å². The van der Waals surface area contributed by atoms with Crippen molar-refractivity contribution < 1.29 is 18.7 Å². The predicted molar refractivity (Wildman–Crippen MR) is 113 cm³/mol. The number of unbranched alkanes of at least 4 members (excludes halogenated alkanes) is 1. The van der Waals surface area contributed by atoms with Gasteiger partial charge in [0.15, 0.2) is 5.69 Å². The molecule has 0 spiro atoms. The molecular formula is C22H31FN4O3. The number of halogens is 1. The van der Waals surface area contributed by atoms with E-state index in [-0.39, 0.29) is 17.6 Å². The van der Waals surface area contributed by atoms with Gasteiger partial charge in [-0.25, -0.2) is 9.37 Å². The number of benzene rings is 1. The van der Waals surface area contributed by atoms with Crippen LogP contribution < -0.4 is 5.32 Å². The zero-order valence-electron chi connectivity index (χ0n) is 17.7. The van der Waals surface area contributed by atoms with Gasteiger partial charge >= 0.3 is 0 Å². The summed E-state index contributed by atoms with van der Waals surface area (Å²) in [5.41, 5.74) is 1.07. The fourth-order valence-electron chi connectivity index (χ4n) is 3.50. The molecule has 1 aliphatic rings. The number of carbonyl (C=O) groups excluding carboxylic acids is 1. The van der Waals surface area contributed by atoms with Gasteiger partial charge in [0, 0.05) is 38.4 Å². The van der Waals surface area contributed by atoms with Crippen LogP contribution in [0.5, 0.6) is 0 Å². The number of nitrogens with zero attached hydrogens (tertiary/aromatic N) is 3. The Balaban J connectivity index is 1.45. The lowest BCUT2D eigenvalue weighted by Crippen LogP contribution is -2.48. The quantitative estimate of drug-likeness (QED) is 0.651. The highest BCUT2D eigenvalue weighted by atomic mass is 19.1.